The van der Waals surface area contributed by atoms with Gasteiger partial charge in [0.25, 0.3) is 0 Å². The van der Waals surface area contributed by atoms with Gasteiger partial charge in [-0.05, 0) is 30.9 Å². The smallest absolute Gasteiger partial charge is 0.232 e. The lowest BCUT2D eigenvalue weighted by Crippen LogP contribution is -2.33. The molecule has 0 saturated heterocycles. The van der Waals surface area contributed by atoms with Crippen LogP contribution in [0.2, 0.25) is 0 Å². The minimum atomic E-state index is -0.0885. The largest absolute Gasteiger partial charge is 0.394 e. The van der Waals surface area contributed by atoms with Crippen LogP contribution in [0.5, 0.6) is 0 Å². The number of rotatable bonds is 3. The first kappa shape index (κ1) is 15.6. The van der Waals surface area contributed by atoms with Crippen LogP contribution in [0.15, 0.2) is 30.5 Å². The molecule has 2 aromatic heterocycles. The van der Waals surface area contributed by atoms with Crippen LogP contribution in [-0.2, 0) is 30.8 Å². The predicted octanol–water partition coefficient (Wildman–Crippen LogP) is 2.32. The molecule has 134 valence electrons. The zero-order valence-corrected chi connectivity index (χ0v) is 14.6. The first-order valence-electron chi connectivity index (χ1n) is 9.29. The van der Waals surface area contributed by atoms with Gasteiger partial charge in [0.15, 0.2) is 0 Å². The first-order chi connectivity index (χ1) is 12.8. The maximum Gasteiger partial charge on any atom is 0.232 e. The normalized spacial score (nSPS) is 19.0. The molecule has 0 saturated carbocycles. The van der Waals surface area contributed by atoms with Gasteiger partial charge in [0.05, 0.1) is 37.5 Å². The number of amides is 1. The number of aromatic nitrogens is 3. The number of aryl methyl sites for hydroxylation is 1. The average Bonchev–Trinajstić information content (AvgIpc) is 3.34. The Morgan fingerprint density at radius 3 is 3.08 bits per heavy atom. The van der Waals surface area contributed by atoms with Gasteiger partial charge in [0.1, 0.15) is 0 Å². The molecule has 6 nitrogen and oxygen atoms in total. The number of nitrogens with one attached hydrogen (secondary N) is 1. The summed E-state index contributed by atoms with van der Waals surface area (Å²) in [6, 6.07) is 8.33. The van der Waals surface area contributed by atoms with Crippen LogP contribution < -0.4 is 0 Å². The van der Waals surface area contributed by atoms with Crippen LogP contribution in [0.3, 0.4) is 0 Å². The fourth-order valence-corrected chi connectivity index (χ4v) is 4.53. The van der Waals surface area contributed by atoms with Gasteiger partial charge in [-0.1, -0.05) is 18.2 Å². The number of para-hydroxylation sites is 1. The van der Waals surface area contributed by atoms with E-state index < -0.39 is 0 Å². The van der Waals surface area contributed by atoms with E-state index in [1.165, 1.54) is 10.9 Å². The predicted molar refractivity (Wildman–Crippen MR) is 97.5 cm³/mol. The lowest BCUT2D eigenvalue weighted by molar-refractivity contribution is -0.134. The fourth-order valence-electron chi connectivity index (χ4n) is 4.53. The fraction of sp³-hybridized carbons (Fsp3) is 0.400. The summed E-state index contributed by atoms with van der Waals surface area (Å²) in [6.45, 7) is 1.74. The third-order valence-electron chi connectivity index (χ3n) is 5.77. The number of carbonyl (C=O) groups excluding carboxylic acids is 1. The summed E-state index contributed by atoms with van der Waals surface area (Å²) in [5.74, 6) is 0.110. The van der Waals surface area contributed by atoms with E-state index in [1.807, 2.05) is 21.8 Å². The standard InChI is InChI=1S/C20H22N4O2/c25-9-8-24-18-12-23(11-13(18)10-21-24)20(26)16-6-3-5-15-14-4-1-2-7-17(14)22-19(15)16/h1-2,4,7,10,16,22,25H,3,5-6,8-9,11-12H2. The highest BCUT2D eigenvalue weighted by atomic mass is 16.3. The summed E-state index contributed by atoms with van der Waals surface area (Å²) >= 11 is 0. The van der Waals surface area contributed by atoms with Crippen molar-refractivity contribution in [1.82, 2.24) is 19.7 Å². The molecular weight excluding hydrogens is 328 g/mol. The molecule has 1 atom stereocenters. The first-order valence-corrected chi connectivity index (χ1v) is 9.29. The molecule has 1 aliphatic heterocycles. The Morgan fingerprint density at radius 2 is 2.19 bits per heavy atom. The maximum absolute atomic E-state index is 13.3. The molecule has 0 radical (unpaired) electrons. The van der Waals surface area contributed by atoms with Crippen LogP contribution >= 0.6 is 0 Å². The molecular formula is C20H22N4O2. The minimum Gasteiger partial charge on any atom is -0.394 e. The zero-order chi connectivity index (χ0) is 17.7. The Hall–Kier alpha value is -2.60. The SMILES string of the molecule is O=C(C1CCCc2c1[nH]c1ccccc21)N1Cc2cnn(CCO)c2C1. The van der Waals surface area contributed by atoms with E-state index in [-0.39, 0.29) is 18.4 Å². The summed E-state index contributed by atoms with van der Waals surface area (Å²) in [4.78, 5) is 18.8. The van der Waals surface area contributed by atoms with Crippen molar-refractivity contribution in [2.45, 2.75) is 44.8 Å². The quantitative estimate of drug-likeness (QED) is 0.761. The summed E-state index contributed by atoms with van der Waals surface area (Å²) in [5, 5.41) is 14.7. The maximum atomic E-state index is 13.3. The minimum absolute atomic E-state index is 0.0586. The molecule has 2 N–H and O–H groups in total. The number of benzene rings is 1. The van der Waals surface area contributed by atoms with Crippen molar-refractivity contribution in [3.8, 4) is 0 Å². The summed E-state index contributed by atoms with van der Waals surface area (Å²) in [5.41, 5.74) is 5.70. The molecule has 1 unspecified atom stereocenters. The number of hydrogen-bond donors (Lipinski definition) is 2. The molecule has 2 aliphatic rings. The number of aliphatic hydroxyl groups is 1. The van der Waals surface area contributed by atoms with E-state index in [9.17, 15) is 9.90 Å². The van der Waals surface area contributed by atoms with E-state index in [0.29, 0.717) is 19.6 Å². The van der Waals surface area contributed by atoms with Crippen molar-refractivity contribution in [3.05, 3.63) is 53.0 Å². The van der Waals surface area contributed by atoms with Crippen LogP contribution in [0.1, 0.15) is 41.3 Å². The van der Waals surface area contributed by atoms with Gasteiger partial charge in [-0.2, -0.15) is 5.10 Å². The van der Waals surface area contributed by atoms with Crippen molar-refractivity contribution in [1.29, 1.82) is 0 Å². The van der Waals surface area contributed by atoms with Gasteiger partial charge >= 0.3 is 0 Å². The van der Waals surface area contributed by atoms with E-state index >= 15 is 0 Å². The molecule has 0 fully saturated rings. The highest BCUT2D eigenvalue weighted by Crippen LogP contribution is 2.38. The Labute approximate surface area is 151 Å². The molecule has 1 aliphatic carbocycles. The number of fused-ring (bicyclic) bond motifs is 4. The van der Waals surface area contributed by atoms with E-state index in [4.69, 9.17) is 0 Å². The van der Waals surface area contributed by atoms with Gasteiger partial charge < -0.3 is 15.0 Å². The topological polar surface area (TPSA) is 74.2 Å². The Kier molecular flexibility index (Phi) is 3.60. The third kappa shape index (κ3) is 2.29. The molecule has 3 heterocycles. The van der Waals surface area contributed by atoms with Crippen molar-refractivity contribution in [2.75, 3.05) is 6.61 Å². The Bertz CT molecular complexity index is 987. The number of carbonyl (C=O) groups is 1. The molecule has 1 aromatic carbocycles. The van der Waals surface area contributed by atoms with Crippen molar-refractivity contribution < 1.29 is 9.90 Å². The van der Waals surface area contributed by atoms with E-state index in [1.54, 1.807) is 0 Å². The van der Waals surface area contributed by atoms with Gasteiger partial charge in [-0.15, -0.1) is 0 Å². The van der Waals surface area contributed by atoms with Crippen molar-refractivity contribution >= 4 is 16.8 Å². The Morgan fingerprint density at radius 1 is 1.31 bits per heavy atom. The zero-order valence-electron chi connectivity index (χ0n) is 14.6. The van der Waals surface area contributed by atoms with Gasteiger partial charge in [-0.25, -0.2) is 0 Å². The van der Waals surface area contributed by atoms with Crippen LogP contribution in [-0.4, -0.2) is 37.3 Å². The van der Waals surface area contributed by atoms with Gasteiger partial charge in [0.2, 0.25) is 5.91 Å². The number of H-pyrrole nitrogens is 1. The number of aromatic amines is 1. The average molecular weight is 350 g/mol. The van der Waals surface area contributed by atoms with Crippen molar-refractivity contribution in [3.63, 3.8) is 0 Å². The molecule has 5 rings (SSSR count). The second kappa shape index (κ2) is 5.99. The van der Waals surface area contributed by atoms with Crippen molar-refractivity contribution in [2.24, 2.45) is 0 Å². The lowest BCUT2D eigenvalue weighted by atomic mass is 9.86. The summed E-state index contributed by atoms with van der Waals surface area (Å²) in [7, 11) is 0. The summed E-state index contributed by atoms with van der Waals surface area (Å²) in [6.07, 6.45) is 4.81. The molecule has 1 amide bonds. The van der Waals surface area contributed by atoms with Crippen LogP contribution in [0, 0.1) is 0 Å². The van der Waals surface area contributed by atoms with E-state index in [2.05, 4.69) is 28.3 Å². The second-order valence-corrected chi connectivity index (χ2v) is 7.27. The Balaban J connectivity index is 1.44. The van der Waals surface area contributed by atoms with Gasteiger partial charge in [-0.3, -0.25) is 9.48 Å². The molecule has 6 heteroatoms. The van der Waals surface area contributed by atoms with Gasteiger partial charge in [0, 0.05) is 28.7 Å². The number of hydrogen-bond acceptors (Lipinski definition) is 3. The molecule has 26 heavy (non-hydrogen) atoms. The second-order valence-electron chi connectivity index (χ2n) is 7.27. The van der Waals surface area contributed by atoms with Crippen LogP contribution in [0.4, 0.5) is 0 Å². The van der Waals surface area contributed by atoms with E-state index in [0.717, 1.165) is 41.7 Å². The number of nitrogens with zero attached hydrogens (tertiary/aromatic N) is 3. The molecule has 0 spiro atoms. The van der Waals surface area contributed by atoms with Crippen LogP contribution in [0.25, 0.3) is 10.9 Å². The third-order valence-corrected chi connectivity index (χ3v) is 5.77. The number of aliphatic hydroxyl groups excluding tert-OH is 1. The molecule has 0 bridgehead atoms. The highest BCUT2D eigenvalue weighted by Gasteiger charge is 2.35. The summed E-state index contributed by atoms with van der Waals surface area (Å²) < 4.78 is 1.82. The highest BCUT2D eigenvalue weighted by molar-refractivity contribution is 5.90. The molecule has 3 aromatic rings. The monoisotopic (exact) mass is 350 g/mol. The lowest BCUT2D eigenvalue weighted by Gasteiger charge is -2.26.